The van der Waals surface area contributed by atoms with Crippen LogP contribution >= 0.6 is 0 Å². The van der Waals surface area contributed by atoms with E-state index in [4.69, 9.17) is 4.74 Å². The van der Waals surface area contributed by atoms with Gasteiger partial charge in [-0.05, 0) is 64.4 Å². The van der Waals surface area contributed by atoms with Crippen LogP contribution in [0.5, 0.6) is 5.75 Å². The van der Waals surface area contributed by atoms with Gasteiger partial charge in [-0.25, -0.2) is 0 Å². The summed E-state index contributed by atoms with van der Waals surface area (Å²) < 4.78 is 5.78. The fourth-order valence-corrected chi connectivity index (χ4v) is 2.84. The molecule has 1 atom stereocenters. The maximum absolute atomic E-state index is 12.1. The third kappa shape index (κ3) is 5.34. The van der Waals surface area contributed by atoms with Crippen molar-refractivity contribution in [2.24, 2.45) is 5.92 Å². The van der Waals surface area contributed by atoms with E-state index in [0.29, 0.717) is 18.9 Å². The average molecular weight is 304 g/mol. The number of hydrogen-bond acceptors (Lipinski definition) is 3. The molecule has 0 aliphatic carbocycles. The summed E-state index contributed by atoms with van der Waals surface area (Å²) in [5, 5.41) is 3.05. The van der Waals surface area contributed by atoms with Crippen molar-refractivity contribution in [2.45, 2.75) is 39.2 Å². The van der Waals surface area contributed by atoms with Crippen LogP contribution in [0.1, 0.15) is 31.7 Å². The zero-order valence-electron chi connectivity index (χ0n) is 14.0. The topological polar surface area (TPSA) is 41.6 Å². The number of para-hydroxylation sites is 1. The summed E-state index contributed by atoms with van der Waals surface area (Å²) >= 11 is 0. The van der Waals surface area contributed by atoms with Gasteiger partial charge >= 0.3 is 0 Å². The summed E-state index contributed by atoms with van der Waals surface area (Å²) in [4.78, 5) is 14.4. The molecule has 22 heavy (non-hydrogen) atoms. The van der Waals surface area contributed by atoms with Gasteiger partial charge < -0.3 is 15.0 Å². The Balaban J connectivity index is 1.69. The average Bonchev–Trinajstić information content (AvgIpc) is 2.49. The molecule has 0 radical (unpaired) electrons. The first-order valence-corrected chi connectivity index (χ1v) is 8.21. The highest BCUT2D eigenvalue weighted by Crippen LogP contribution is 2.19. The largest absolute Gasteiger partial charge is 0.491 e. The molecule has 1 aromatic carbocycles. The van der Waals surface area contributed by atoms with Crippen molar-refractivity contribution in [1.29, 1.82) is 0 Å². The Kier molecular flexibility index (Phi) is 6.25. The van der Waals surface area contributed by atoms with Crippen LogP contribution in [0.3, 0.4) is 0 Å². The molecule has 1 N–H and O–H groups in total. The number of ether oxygens (including phenoxy) is 1. The highest BCUT2D eigenvalue weighted by molar-refractivity contribution is 5.76. The van der Waals surface area contributed by atoms with Crippen LogP contribution < -0.4 is 10.1 Å². The van der Waals surface area contributed by atoms with Crippen LogP contribution in [0, 0.1) is 12.8 Å². The minimum atomic E-state index is 0.0263. The lowest BCUT2D eigenvalue weighted by Gasteiger charge is -2.28. The number of nitrogens with zero attached hydrogens (tertiary/aromatic N) is 1. The fraction of sp³-hybridized carbons (Fsp3) is 0.611. The number of likely N-dealkylation sites (tertiary alicyclic amines) is 1. The third-order valence-corrected chi connectivity index (χ3v) is 4.30. The molecule has 2 rings (SSSR count). The monoisotopic (exact) mass is 304 g/mol. The van der Waals surface area contributed by atoms with Crippen LogP contribution in [-0.2, 0) is 4.79 Å². The van der Waals surface area contributed by atoms with Crippen molar-refractivity contribution in [2.75, 3.05) is 26.7 Å². The molecule has 0 unspecified atom stereocenters. The first-order valence-electron chi connectivity index (χ1n) is 8.21. The molecular formula is C18H28N2O2. The number of carbonyl (C=O) groups excluding carboxylic acids is 1. The number of carbonyl (C=O) groups is 1. The number of rotatable bonds is 6. The SMILES string of the molecule is Cc1ccccc1OC[C@H](C)NC(=O)CC1CCN(C)CC1. The van der Waals surface area contributed by atoms with Crippen molar-refractivity contribution in [1.82, 2.24) is 10.2 Å². The van der Waals surface area contributed by atoms with Gasteiger partial charge in [0.25, 0.3) is 0 Å². The maximum Gasteiger partial charge on any atom is 0.220 e. The minimum Gasteiger partial charge on any atom is -0.491 e. The van der Waals surface area contributed by atoms with E-state index in [1.165, 1.54) is 0 Å². The van der Waals surface area contributed by atoms with E-state index in [-0.39, 0.29) is 11.9 Å². The molecular weight excluding hydrogens is 276 g/mol. The second-order valence-corrected chi connectivity index (χ2v) is 6.50. The molecule has 1 heterocycles. The Morgan fingerprint density at radius 2 is 2.05 bits per heavy atom. The quantitative estimate of drug-likeness (QED) is 0.878. The molecule has 1 aromatic rings. The Morgan fingerprint density at radius 1 is 1.36 bits per heavy atom. The summed E-state index contributed by atoms with van der Waals surface area (Å²) in [6.07, 6.45) is 2.89. The first kappa shape index (κ1) is 16.8. The van der Waals surface area contributed by atoms with Crippen LogP contribution in [0.4, 0.5) is 0 Å². The summed E-state index contributed by atoms with van der Waals surface area (Å²) in [5.74, 6) is 1.56. The summed E-state index contributed by atoms with van der Waals surface area (Å²) in [6.45, 7) is 6.72. The Labute approximate surface area is 133 Å². The lowest BCUT2D eigenvalue weighted by atomic mass is 9.93. The van der Waals surface area contributed by atoms with Crippen LogP contribution in [0.15, 0.2) is 24.3 Å². The lowest BCUT2D eigenvalue weighted by molar-refractivity contribution is -0.123. The molecule has 0 saturated carbocycles. The van der Waals surface area contributed by atoms with E-state index in [0.717, 1.165) is 37.2 Å². The molecule has 1 amide bonds. The first-order chi connectivity index (χ1) is 10.5. The van der Waals surface area contributed by atoms with Gasteiger partial charge in [0, 0.05) is 6.42 Å². The van der Waals surface area contributed by atoms with Gasteiger partial charge in [0.1, 0.15) is 12.4 Å². The molecule has 1 fully saturated rings. The van der Waals surface area contributed by atoms with Crippen molar-refractivity contribution in [3.8, 4) is 5.75 Å². The highest BCUT2D eigenvalue weighted by atomic mass is 16.5. The smallest absolute Gasteiger partial charge is 0.220 e. The predicted octanol–water partition coefficient (Wildman–Crippen LogP) is 2.61. The third-order valence-electron chi connectivity index (χ3n) is 4.30. The molecule has 1 aliphatic rings. The number of hydrogen-bond donors (Lipinski definition) is 1. The van der Waals surface area contributed by atoms with E-state index in [1.807, 2.05) is 38.1 Å². The van der Waals surface area contributed by atoms with Gasteiger partial charge in [-0.1, -0.05) is 18.2 Å². The lowest BCUT2D eigenvalue weighted by Crippen LogP contribution is -2.39. The van der Waals surface area contributed by atoms with Crippen LogP contribution in [0.25, 0.3) is 0 Å². The molecule has 4 heteroatoms. The predicted molar refractivity (Wildman–Crippen MR) is 89.1 cm³/mol. The van der Waals surface area contributed by atoms with E-state index >= 15 is 0 Å². The summed E-state index contributed by atoms with van der Waals surface area (Å²) in [6, 6.07) is 7.97. The van der Waals surface area contributed by atoms with E-state index in [1.54, 1.807) is 0 Å². The van der Waals surface area contributed by atoms with E-state index in [2.05, 4.69) is 17.3 Å². The highest BCUT2D eigenvalue weighted by Gasteiger charge is 2.20. The molecule has 0 bridgehead atoms. The van der Waals surface area contributed by atoms with Crippen molar-refractivity contribution in [3.63, 3.8) is 0 Å². The normalized spacial score (nSPS) is 18.0. The zero-order chi connectivity index (χ0) is 15.9. The van der Waals surface area contributed by atoms with E-state index < -0.39 is 0 Å². The van der Waals surface area contributed by atoms with Crippen molar-refractivity contribution < 1.29 is 9.53 Å². The second kappa shape index (κ2) is 8.18. The number of aryl methyl sites for hydroxylation is 1. The van der Waals surface area contributed by atoms with Gasteiger partial charge in [-0.15, -0.1) is 0 Å². The number of piperidine rings is 1. The van der Waals surface area contributed by atoms with Crippen LogP contribution in [0.2, 0.25) is 0 Å². The number of nitrogens with one attached hydrogen (secondary N) is 1. The maximum atomic E-state index is 12.1. The molecule has 0 aromatic heterocycles. The molecule has 0 spiro atoms. The Morgan fingerprint density at radius 3 is 2.73 bits per heavy atom. The van der Waals surface area contributed by atoms with E-state index in [9.17, 15) is 4.79 Å². The minimum absolute atomic E-state index is 0.0263. The number of amides is 1. The standard InChI is InChI=1S/C18H28N2O2/c1-14-6-4-5-7-17(14)22-13-15(2)19-18(21)12-16-8-10-20(3)11-9-16/h4-7,15-16H,8-13H2,1-3H3,(H,19,21)/t15-/m0/s1. The van der Waals surface area contributed by atoms with Crippen LogP contribution in [-0.4, -0.2) is 43.6 Å². The van der Waals surface area contributed by atoms with Gasteiger partial charge in [0.2, 0.25) is 5.91 Å². The summed E-state index contributed by atoms with van der Waals surface area (Å²) in [7, 11) is 2.14. The van der Waals surface area contributed by atoms with Gasteiger partial charge in [-0.2, -0.15) is 0 Å². The second-order valence-electron chi connectivity index (χ2n) is 6.50. The molecule has 1 saturated heterocycles. The molecule has 122 valence electrons. The van der Waals surface area contributed by atoms with Gasteiger partial charge in [-0.3, -0.25) is 4.79 Å². The fourth-order valence-electron chi connectivity index (χ4n) is 2.84. The molecule has 4 nitrogen and oxygen atoms in total. The Hall–Kier alpha value is -1.55. The summed E-state index contributed by atoms with van der Waals surface area (Å²) in [5.41, 5.74) is 1.12. The van der Waals surface area contributed by atoms with Gasteiger partial charge in [0.15, 0.2) is 0 Å². The number of benzene rings is 1. The van der Waals surface area contributed by atoms with Crippen molar-refractivity contribution in [3.05, 3.63) is 29.8 Å². The zero-order valence-corrected chi connectivity index (χ0v) is 14.0. The van der Waals surface area contributed by atoms with Gasteiger partial charge in [0.05, 0.1) is 6.04 Å². The Bertz CT molecular complexity index is 482. The molecule has 1 aliphatic heterocycles. The van der Waals surface area contributed by atoms with Crippen molar-refractivity contribution >= 4 is 5.91 Å².